The highest BCUT2D eigenvalue weighted by Crippen LogP contribution is 2.17. The van der Waals surface area contributed by atoms with E-state index in [1.54, 1.807) is 7.11 Å². The number of rotatable bonds is 5. The maximum absolute atomic E-state index is 5.46. The largest absolute Gasteiger partial charge is 0.385 e. The van der Waals surface area contributed by atoms with Crippen LogP contribution in [0.25, 0.3) is 0 Å². The van der Waals surface area contributed by atoms with Crippen LogP contribution in [0, 0.1) is 5.92 Å². The third-order valence-electron chi connectivity index (χ3n) is 2.63. The van der Waals surface area contributed by atoms with Gasteiger partial charge in [-0.05, 0) is 25.3 Å². The number of hydrogen-bond acceptors (Lipinski definition) is 3. The maximum Gasteiger partial charge on any atom is 0.0510 e. The molecule has 1 fully saturated rings. The Morgan fingerprint density at radius 3 is 3.08 bits per heavy atom. The van der Waals surface area contributed by atoms with Crippen LogP contribution in [-0.4, -0.2) is 39.5 Å². The Labute approximate surface area is 80.8 Å². The van der Waals surface area contributed by atoms with E-state index in [2.05, 4.69) is 12.2 Å². The molecule has 1 heterocycles. The lowest BCUT2D eigenvalue weighted by atomic mass is 9.93. The van der Waals surface area contributed by atoms with E-state index in [0.29, 0.717) is 12.0 Å². The van der Waals surface area contributed by atoms with Gasteiger partial charge in [-0.15, -0.1) is 0 Å². The minimum Gasteiger partial charge on any atom is -0.385 e. The summed E-state index contributed by atoms with van der Waals surface area (Å²) in [5, 5.41) is 3.51. The monoisotopic (exact) mass is 187 g/mol. The number of nitrogens with one attached hydrogen (secondary N) is 1. The summed E-state index contributed by atoms with van der Waals surface area (Å²) in [5.41, 5.74) is 0. The maximum atomic E-state index is 5.46. The molecule has 1 saturated heterocycles. The first-order valence-corrected chi connectivity index (χ1v) is 5.18. The molecule has 0 radical (unpaired) electrons. The van der Waals surface area contributed by atoms with Crippen LogP contribution in [0.1, 0.15) is 19.8 Å². The molecule has 0 spiro atoms. The predicted octanol–water partition coefficient (Wildman–Crippen LogP) is 1.04. The summed E-state index contributed by atoms with van der Waals surface area (Å²) in [6.45, 7) is 5.84. The van der Waals surface area contributed by atoms with Gasteiger partial charge < -0.3 is 14.8 Å². The number of methoxy groups -OCH3 is 1. The first-order valence-electron chi connectivity index (χ1n) is 5.18. The summed E-state index contributed by atoms with van der Waals surface area (Å²) in [7, 11) is 1.76. The van der Waals surface area contributed by atoms with Crippen LogP contribution >= 0.6 is 0 Å². The molecule has 1 aliphatic heterocycles. The third kappa shape index (κ3) is 3.63. The molecule has 1 N–H and O–H groups in total. The van der Waals surface area contributed by atoms with E-state index in [9.17, 15) is 0 Å². The van der Waals surface area contributed by atoms with Crippen molar-refractivity contribution in [1.82, 2.24) is 5.32 Å². The van der Waals surface area contributed by atoms with Crippen molar-refractivity contribution in [2.24, 2.45) is 5.92 Å². The van der Waals surface area contributed by atoms with E-state index in [4.69, 9.17) is 9.47 Å². The zero-order chi connectivity index (χ0) is 9.52. The van der Waals surface area contributed by atoms with E-state index in [0.717, 1.165) is 39.2 Å². The molecule has 0 aliphatic carbocycles. The summed E-state index contributed by atoms with van der Waals surface area (Å²) in [4.78, 5) is 0. The zero-order valence-corrected chi connectivity index (χ0v) is 8.71. The van der Waals surface area contributed by atoms with Crippen molar-refractivity contribution in [3.8, 4) is 0 Å². The number of hydrogen-bond donors (Lipinski definition) is 1. The molecular formula is C10H21NO2. The van der Waals surface area contributed by atoms with Gasteiger partial charge in [-0.1, -0.05) is 6.92 Å². The van der Waals surface area contributed by atoms with Crippen LogP contribution in [0.15, 0.2) is 0 Å². The summed E-state index contributed by atoms with van der Waals surface area (Å²) < 4.78 is 10.5. The van der Waals surface area contributed by atoms with E-state index in [-0.39, 0.29) is 0 Å². The van der Waals surface area contributed by atoms with Crippen molar-refractivity contribution >= 4 is 0 Å². The van der Waals surface area contributed by atoms with Crippen molar-refractivity contribution in [1.29, 1.82) is 0 Å². The van der Waals surface area contributed by atoms with Crippen LogP contribution in [0.4, 0.5) is 0 Å². The van der Waals surface area contributed by atoms with Crippen molar-refractivity contribution in [2.75, 3.05) is 33.5 Å². The first kappa shape index (κ1) is 11.0. The molecule has 3 nitrogen and oxygen atoms in total. The van der Waals surface area contributed by atoms with Gasteiger partial charge >= 0.3 is 0 Å². The zero-order valence-electron chi connectivity index (χ0n) is 8.71. The second-order valence-corrected chi connectivity index (χ2v) is 3.57. The minimum absolute atomic E-state index is 0.633. The Balaban J connectivity index is 2.28. The Hall–Kier alpha value is -0.120. The van der Waals surface area contributed by atoms with Gasteiger partial charge in [0.05, 0.1) is 6.61 Å². The van der Waals surface area contributed by atoms with Crippen LogP contribution in [0.5, 0.6) is 0 Å². The van der Waals surface area contributed by atoms with Gasteiger partial charge in [-0.3, -0.25) is 0 Å². The SMILES string of the molecule is CCNC1CCOCC1CCOC. The molecule has 3 heteroatoms. The van der Waals surface area contributed by atoms with Crippen molar-refractivity contribution in [3.63, 3.8) is 0 Å². The molecule has 0 amide bonds. The smallest absolute Gasteiger partial charge is 0.0510 e. The topological polar surface area (TPSA) is 30.5 Å². The standard InChI is InChI=1S/C10H21NO2/c1-3-11-10-5-7-13-8-9(10)4-6-12-2/h9-11H,3-8H2,1-2H3. The summed E-state index contributed by atoms with van der Waals surface area (Å²) >= 11 is 0. The molecule has 2 atom stereocenters. The van der Waals surface area contributed by atoms with Gasteiger partial charge in [0.15, 0.2) is 0 Å². The Kier molecular flexibility index (Phi) is 5.35. The lowest BCUT2D eigenvalue weighted by molar-refractivity contribution is 0.0192. The quantitative estimate of drug-likeness (QED) is 0.697. The second-order valence-electron chi connectivity index (χ2n) is 3.57. The van der Waals surface area contributed by atoms with Crippen LogP contribution in [-0.2, 0) is 9.47 Å². The highest BCUT2D eigenvalue weighted by molar-refractivity contribution is 4.79. The molecule has 78 valence electrons. The van der Waals surface area contributed by atoms with Gasteiger partial charge in [0.2, 0.25) is 0 Å². The average molecular weight is 187 g/mol. The minimum atomic E-state index is 0.633. The predicted molar refractivity (Wildman–Crippen MR) is 52.9 cm³/mol. The Morgan fingerprint density at radius 1 is 1.54 bits per heavy atom. The molecule has 0 bridgehead atoms. The normalized spacial score (nSPS) is 29.1. The molecule has 1 aliphatic rings. The van der Waals surface area contributed by atoms with Gasteiger partial charge in [0, 0.05) is 26.4 Å². The lowest BCUT2D eigenvalue weighted by Crippen LogP contribution is -2.43. The molecule has 13 heavy (non-hydrogen) atoms. The molecule has 0 saturated carbocycles. The molecule has 2 unspecified atom stereocenters. The summed E-state index contributed by atoms with van der Waals surface area (Å²) in [6.07, 6.45) is 2.25. The van der Waals surface area contributed by atoms with Gasteiger partial charge in [-0.25, -0.2) is 0 Å². The Morgan fingerprint density at radius 2 is 2.38 bits per heavy atom. The summed E-state index contributed by atoms with van der Waals surface area (Å²) in [5.74, 6) is 0.633. The van der Waals surface area contributed by atoms with Crippen LogP contribution < -0.4 is 5.32 Å². The van der Waals surface area contributed by atoms with E-state index in [1.807, 2.05) is 0 Å². The first-order chi connectivity index (χ1) is 6.38. The molecule has 1 rings (SSSR count). The highest BCUT2D eigenvalue weighted by atomic mass is 16.5. The lowest BCUT2D eigenvalue weighted by Gasteiger charge is -2.31. The van der Waals surface area contributed by atoms with Crippen LogP contribution in [0.2, 0.25) is 0 Å². The van der Waals surface area contributed by atoms with E-state index >= 15 is 0 Å². The fourth-order valence-electron chi connectivity index (χ4n) is 1.88. The van der Waals surface area contributed by atoms with Crippen molar-refractivity contribution in [2.45, 2.75) is 25.8 Å². The third-order valence-corrected chi connectivity index (χ3v) is 2.63. The van der Waals surface area contributed by atoms with Crippen LogP contribution in [0.3, 0.4) is 0 Å². The fourth-order valence-corrected chi connectivity index (χ4v) is 1.88. The second kappa shape index (κ2) is 6.35. The fraction of sp³-hybridized carbons (Fsp3) is 1.00. The van der Waals surface area contributed by atoms with Gasteiger partial charge in [-0.2, -0.15) is 0 Å². The molecule has 0 aromatic rings. The van der Waals surface area contributed by atoms with Crippen molar-refractivity contribution in [3.05, 3.63) is 0 Å². The van der Waals surface area contributed by atoms with Gasteiger partial charge in [0.1, 0.15) is 0 Å². The van der Waals surface area contributed by atoms with Gasteiger partial charge in [0.25, 0.3) is 0 Å². The summed E-state index contributed by atoms with van der Waals surface area (Å²) in [6, 6.07) is 0.633. The molecule has 0 aromatic carbocycles. The highest BCUT2D eigenvalue weighted by Gasteiger charge is 2.24. The van der Waals surface area contributed by atoms with E-state index < -0.39 is 0 Å². The van der Waals surface area contributed by atoms with E-state index in [1.165, 1.54) is 0 Å². The number of ether oxygens (including phenoxy) is 2. The van der Waals surface area contributed by atoms with Crippen molar-refractivity contribution < 1.29 is 9.47 Å². The average Bonchev–Trinajstić information content (AvgIpc) is 2.17. The Bertz CT molecular complexity index is 128. The molecular weight excluding hydrogens is 166 g/mol. The molecule has 0 aromatic heterocycles.